The zero-order chi connectivity index (χ0) is 19.9. The number of thiophene rings is 1. The second kappa shape index (κ2) is 9.15. The third kappa shape index (κ3) is 4.96. The lowest BCUT2D eigenvalue weighted by atomic mass is 9.96. The molecule has 7 nitrogen and oxygen atoms in total. The number of fused-ring (bicyclic) bond motifs is 1. The highest BCUT2D eigenvalue weighted by molar-refractivity contribution is 7.16. The predicted octanol–water partition coefficient (Wildman–Crippen LogP) is 3.39. The van der Waals surface area contributed by atoms with Gasteiger partial charge in [-0.1, -0.05) is 22.9 Å². The molecule has 2 aromatic rings. The molecule has 1 aliphatic carbocycles. The summed E-state index contributed by atoms with van der Waals surface area (Å²) >= 11 is 1.45. The summed E-state index contributed by atoms with van der Waals surface area (Å²) in [5.41, 5.74) is 3.34. The summed E-state index contributed by atoms with van der Waals surface area (Å²) in [4.78, 5) is 29.9. The van der Waals surface area contributed by atoms with Gasteiger partial charge in [0, 0.05) is 10.6 Å². The molecule has 0 spiro atoms. The van der Waals surface area contributed by atoms with Crippen LogP contribution in [0.25, 0.3) is 0 Å². The maximum absolute atomic E-state index is 12.0. The average Bonchev–Trinajstić information content (AvgIpc) is 3.04. The Labute approximate surface area is 167 Å². The molecule has 2 N–H and O–H groups in total. The van der Waals surface area contributed by atoms with Crippen molar-refractivity contribution in [2.45, 2.75) is 32.6 Å². The van der Waals surface area contributed by atoms with Crippen molar-refractivity contribution in [1.82, 2.24) is 0 Å². The maximum atomic E-state index is 12.0. The van der Waals surface area contributed by atoms with Crippen molar-refractivity contribution in [2.24, 2.45) is 5.16 Å². The van der Waals surface area contributed by atoms with E-state index < -0.39 is 11.8 Å². The number of hydrogen-bond acceptors (Lipinski definition) is 6. The van der Waals surface area contributed by atoms with Gasteiger partial charge in [0.1, 0.15) is 17.3 Å². The van der Waals surface area contributed by atoms with Gasteiger partial charge in [-0.15, -0.1) is 11.3 Å². The normalized spacial score (nSPS) is 12.9. The molecule has 1 aromatic heterocycles. The SMILES string of the molecule is Cc1ccc(NC(=O)/C=N/OCC(=O)Nc2sc3c(c2C#N)CCCC3)cc1. The molecule has 0 radical (unpaired) electrons. The third-order valence-electron chi connectivity index (χ3n) is 4.30. The lowest BCUT2D eigenvalue weighted by Gasteiger charge is -2.09. The van der Waals surface area contributed by atoms with E-state index >= 15 is 0 Å². The molecule has 28 heavy (non-hydrogen) atoms. The van der Waals surface area contributed by atoms with E-state index in [0.717, 1.165) is 43.0 Å². The Morgan fingerprint density at radius 2 is 2.00 bits per heavy atom. The zero-order valence-corrected chi connectivity index (χ0v) is 16.3. The zero-order valence-electron chi connectivity index (χ0n) is 15.4. The molecule has 1 heterocycles. The quantitative estimate of drug-likeness (QED) is 0.577. The summed E-state index contributed by atoms with van der Waals surface area (Å²) in [7, 11) is 0. The molecule has 8 heteroatoms. The van der Waals surface area contributed by atoms with E-state index in [1.54, 1.807) is 12.1 Å². The summed E-state index contributed by atoms with van der Waals surface area (Å²) in [6, 6.07) is 9.51. The molecule has 0 atom stereocenters. The van der Waals surface area contributed by atoms with Crippen molar-refractivity contribution in [2.75, 3.05) is 17.2 Å². The molecule has 0 fully saturated rings. The van der Waals surface area contributed by atoms with Gasteiger partial charge in [0.2, 0.25) is 0 Å². The highest BCUT2D eigenvalue weighted by atomic mass is 32.1. The van der Waals surface area contributed by atoms with Crippen LogP contribution in [0.2, 0.25) is 0 Å². The van der Waals surface area contributed by atoms with Gasteiger partial charge in [-0.25, -0.2) is 0 Å². The topological polar surface area (TPSA) is 104 Å². The Morgan fingerprint density at radius 3 is 2.75 bits per heavy atom. The highest BCUT2D eigenvalue weighted by Gasteiger charge is 2.21. The van der Waals surface area contributed by atoms with E-state index in [0.29, 0.717) is 16.3 Å². The van der Waals surface area contributed by atoms with Gasteiger partial charge >= 0.3 is 0 Å². The number of carbonyl (C=O) groups excluding carboxylic acids is 2. The Hall–Kier alpha value is -3.18. The smallest absolute Gasteiger partial charge is 0.270 e. The number of nitriles is 1. The minimum Gasteiger partial charge on any atom is -0.385 e. The van der Waals surface area contributed by atoms with Gasteiger partial charge in [0.15, 0.2) is 6.61 Å². The second-order valence-corrected chi connectivity index (χ2v) is 7.54. The van der Waals surface area contributed by atoms with Crippen LogP contribution in [0.3, 0.4) is 0 Å². The van der Waals surface area contributed by atoms with Gasteiger partial charge in [0.05, 0.1) is 5.56 Å². The highest BCUT2D eigenvalue weighted by Crippen LogP contribution is 2.37. The molecule has 1 aliphatic rings. The fourth-order valence-electron chi connectivity index (χ4n) is 2.93. The van der Waals surface area contributed by atoms with Crippen molar-refractivity contribution in [3.63, 3.8) is 0 Å². The van der Waals surface area contributed by atoms with Gasteiger partial charge in [-0.05, 0) is 50.3 Å². The van der Waals surface area contributed by atoms with E-state index in [1.165, 1.54) is 16.2 Å². The van der Waals surface area contributed by atoms with Crippen LogP contribution in [0.5, 0.6) is 0 Å². The van der Waals surface area contributed by atoms with Crippen LogP contribution in [0, 0.1) is 18.3 Å². The molecule has 0 aliphatic heterocycles. The maximum Gasteiger partial charge on any atom is 0.270 e. The Bertz CT molecular complexity index is 942. The molecule has 2 amide bonds. The van der Waals surface area contributed by atoms with Crippen molar-refractivity contribution in [1.29, 1.82) is 5.26 Å². The van der Waals surface area contributed by atoms with Crippen LogP contribution in [0.15, 0.2) is 29.4 Å². The van der Waals surface area contributed by atoms with Crippen LogP contribution in [0.1, 0.15) is 34.4 Å². The predicted molar refractivity (Wildman–Crippen MR) is 109 cm³/mol. The van der Waals surface area contributed by atoms with Gasteiger partial charge in [0.25, 0.3) is 11.8 Å². The minimum absolute atomic E-state index is 0.345. The summed E-state index contributed by atoms with van der Waals surface area (Å²) < 4.78 is 0. The van der Waals surface area contributed by atoms with Crippen LogP contribution < -0.4 is 10.6 Å². The van der Waals surface area contributed by atoms with E-state index in [4.69, 9.17) is 4.84 Å². The number of aryl methyl sites for hydroxylation is 2. The number of nitrogens with zero attached hydrogens (tertiary/aromatic N) is 2. The summed E-state index contributed by atoms with van der Waals surface area (Å²) in [5.74, 6) is -0.881. The molecule has 0 saturated carbocycles. The van der Waals surface area contributed by atoms with E-state index in [-0.39, 0.29) is 6.61 Å². The summed E-state index contributed by atoms with van der Waals surface area (Å²) in [5, 5.41) is 18.8. The number of oxime groups is 1. The fourth-order valence-corrected chi connectivity index (χ4v) is 4.18. The second-order valence-electron chi connectivity index (χ2n) is 6.44. The number of rotatable bonds is 6. The van der Waals surface area contributed by atoms with Crippen molar-refractivity contribution in [3.05, 3.63) is 45.8 Å². The molecular formula is C20H20N4O3S. The molecule has 1 aromatic carbocycles. The Morgan fingerprint density at radius 1 is 1.25 bits per heavy atom. The van der Waals surface area contributed by atoms with Gasteiger partial charge in [-0.3, -0.25) is 9.59 Å². The number of amides is 2. The molecular weight excluding hydrogens is 376 g/mol. The van der Waals surface area contributed by atoms with E-state index in [1.807, 2.05) is 19.1 Å². The first-order valence-electron chi connectivity index (χ1n) is 8.94. The van der Waals surface area contributed by atoms with E-state index in [2.05, 4.69) is 21.9 Å². The molecule has 0 saturated heterocycles. The molecule has 3 rings (SSSR count). The van der Waals surface area contributed by atoms with Crippen LogP contribution in [-0.4, -0.2) is 24.6 Å². The van der Waals surface area contributed by atoms with Gasteiger partial charge in [-0.2, -0.15) is 5.26 Å². The van der Waals surface area contributed by atoms with Crippen LogP contribution in [0.4, 0.5) is 10.7 Å². The Kier molecular flexibility index (Phi) is 6.40. The standard InChI is InChI=1S/C20H20N4O3S/c1-13-6-8-14(9-7-13)23-18(25)11-22-27-12-19(26)24-20-16(10-21)15-4-2-3-5-17(15)28-20/h6-9,11H,2-5,12H2,1H3,(H,23,25)(H,24,26)/b22-11+. The van der Waals surface area contributed by atoms with E-state index in [9.17, 15) is 14.9 Å². The van der Waals surface area contributed by atoms with Crippen molar-refractivity contribution >= 4 is 40.1 Å². The number of hydrogen-bond donors (Lipinski definition) is 2. The third-order valence-corrected chi connectivity index (χ3v) is 5.50. The number of carbonyl (C=O) groups is 2. The number of benzene rings is 1. The summed E-state index contributed by atoms with van der Waals surface area (Å²) in [6.07, 6.45) is 4.96. The average molecular weight is 396 g/mol. The number of nitrogens with one attached hydrogen (secondary N) is 2. The fraction of sp³-hybridized carbons (Fsp3) is 0.300. The van der Waals surface area contributed by atoms with Crippen LogP contribution >= 0.6 is 11.3 Å². The number of anilines is 2. The largest absolute Gasteiger partial charge is 0.385 e. The molecule has 0 unspecified atom stereocenters. The first-order chi connectivity index (χ1) is 13.6. The first-order valence-corrected chi connectivity index (χ1v) is 9.76. The van der Waals surface area contributed by atoms with Crippen molar-refractivity contribution < 1.29 is 14.4 Å². The first kappa shape index (κ1) is 19.6. The van der Waals surface area contributed by atoms with Gasteiger partial charge < -0.3 is 15.5 Å². The monoisotopic (exact) mass is 396 g/mol. The molecule has 0 bridgehead atoms. The van der Waals surface area contributed by atoms with Crippen LogP contribution in [-0.2, 0) is 27.3 Å². The molecule has 144 valence electrons. The van der Waals surface area contributed by atoms with Crippen molar-refractivity contribution in [3.8, 4) is 6.07 Å². The lowest BCUT2D eigenvalue weighted by molar-refractivity contribution is -0.120. The minimum atomic E-state index is -0.457. The summed E-state index contributed by atoms with van der Waals surface area (Å²) in [6.45, 7) is 1.61. The Balaban J connectivity index is 1.47. The lowest BCUT2D eigenvalue weighted by Crippen LogP contribution is -2.18.